The lowest BCUT2D eigenvalue weighted by atomic mass is 9.96. The molecule has 0 saturated carbocycles. The second-order valence-corrected chi connectivity index (χ2v) is 7.23. The molecule has 2 saturated heterocycles. The molecule has 0 radical (unpaired) electrons. The van der Waals surface area contributed by atoms with Crippen LogP contribution in [0.25, 0.3) is 0 Å². The minimum absolute atomic E-state index is 0. The van der Waals surface area contributed by atoms with E-state index in [1.165, 1.54) is 32.9 Å². The van der Waals surface area contributed by atoms with Crippen molar-refractivity contribution >= 4 is 17.6 Å². The van der Waals surface area contributed by atoms with E-state index in [0.29, 0.717) is 10.6 Å². The average Bonchev–Trinajstić information content (AvgIpc) is 3.10. The highest BCUT2D eigenvalue weighted by Gasteiger charge is 2.44. The number of esters is 1. The number of halogens is 2. The van der Waals surface area contributed by atoms with Crippen molar-refractivity contribution < 1.29 is 31.5 Å². The van der Waals surface area contributed by atoms with E-state index in [1.54, 1.807) is 24.3 Å². The van der Waals surface area contributed by atoms with Crippen LogP contribution in [0, 0.1) is 0 Å². The highest BCUT2D eigenvalue weighted by atomic mass is 35.5. The zero-order valence-electron chi connectivity index (χ0n) is 13.3. The van der Waals surface area contributed by atoms with Crippen LogP contribution in [-0.4, -0.2) is 47.8 Å². The lowest BCUT2D eigenvalue weighted by Crippen LogP contribution is -3.00. The van der Waals surface area contributed by atoms with Crippen LogP contribution in [0.3, 0.4) is 0 Å². The maximum atomic E-state index is 12.4. The van der Waals surface area contributed by atoms with E-state index in [0.717, 1.165) is 24.0 Å². The topological polar surface area (TPSA) is 46.5 Å². The third kappa shape index (κ3) is 3.82. The first kappa shape index (κ1) is 18.5. The largest absolute Gasteiger partial charge is 1.00 e. The molecule has 2 atom stereocenters. The molecule has 3 rings (SSSR count). The van der Waals surface area contributed by atoms with Crippen molar-refractivity contribution in [2.45, 2.75) is 37.9 Å². The molecule has 1 N–H and O–H groups in total. The lowest BCUT2D eigenvalue weighted by molar-refractivity contribution is -0.906. The van der Waals surface area contributed by atoms with E-state index in [9.17, 15) is 9.90 Å². The molecule has 1 aromatic carbocycles. The number of benzene rings is 1. The Morgan fingerprint density at radius 1 is 1.26 bits per heavy atom. The fourth-order valence-electron chi connectivity index (χ4n) is 3.70. The van der Waals surface area contributed by atoms with Crippen molar-refractivity contribution in [1.82, 2.24) is 0 Å². The zero-order valence-corrected chi connectivity index (χ0v) is 14.8. The fourth-order valence-corrected chi connectivity index (χ4v) is 3.83. The molecular weight excluding hydrogens is 337 g/mol. The summed E-state index contributed by atoms with van der Waals surface area (Å²) in [7, 11) is 0. The number of ether oxygens (including phenoxy) is 1. The third-order valence-electron chi connectivity index (χ3n) is 5.11. The number of aliphatic hydroxyl groups is 1. The maximum Gasteiger partial charge on any atom is 0.343 e. The van der Waals surface area contributed by atoms with Crippen molar-refractivity contribution in [2.24, 2.45) is 0 Å². The molecule has 6 heteroatoms. The Labute approximate surface area is 148 Å². The van der Waals surface area contributed by atoms with E-state index in [2.05, 4.69) is 0 Å². The Morgan fingerprint density at radius 3 is 2.48 bits per heavy atom. The lowest BCUT2D eigenvalue weighted by Gasteiger charge is -2.29. The van der Waals surface area contributed by atoms with E-state index in [-0.39, 0.29) is 18.5 Å². The monoisotopic (exact) mass is 359 g/mol. The average molecular weight is 360 g/mol. The molecule has 23 heavy (non-hydrogen) atoms. The third-order valence-corrected chi connectivity index (χ3v) is 5.36. The first-order chi connectivity index (χ1) is 10.4. The van der Waals surface area contributed by atoms with Crippen molar-refractivity contribution in [3.8, 4) is 0 Å². The van der Waals surface area contributed by atoms with Gasteiger partial charge in [-0.3, -0.25) is 0 Å². The molecule has 128 valence electrons. The number of carbonyl (C=O) groups excluding carboxylic acids is 1. The molecule has 0 aromatic heterocycles. The van der Waals surface area contributed by atoms with Gasteiger partial charge >= 0.3 is 5.97 Å². The van der Waals surface area contributed by atoms with Crippen LogP contribution >= 0.6 is 11.6 Å². The molecule has 2 unspecified atom stereocenters. The Morgan fingerprint density at radius 2 is 1.87 bits per heavy atom. The molecule has 1 spiro atoms. The predicted octanol–water partition coefficient (Wildman–Crippen LogP) is -0.522. The normalized spacial score (nSPS) is 24.9. The van der Waals surface area contributed by atoms with Gasteiger partial charge < -0.3 is 26.7 Å². The summed E-state index contributed by atoms with van der Waals surface area (Å²) in [4.78, 5) is 12.4. The number of hydrogen-bond acceptors (Lipinski definition) is 3. The zero-order chi connectivity index (χ0) is 15.8. The second kappa shape index (κ2) is 6.98. The Bertz CT molecular complexity index is 553. The SMILES string of the molecule is CC(O)(C(=O)OC1CC[N+]2(CCCC2)C1)c1ccc(Cl)cc1.[Cl-]. The van der Waals surface area contributed by atoms with Gasteiger partial charge in [0.2, 0.25) is 0 Å². The van der Waals surface area contributed by atoms with Crippen LogP contribution in [0.4, 0.5) is 0 Å². The molecule has 0 amide bonds. The van der Waals surface area contributed by atoms with Crippen LogP contribution in [-0.2, 0) is 15.1 Å². The molecule has 1 aromatic rings. The van der Waals surface area contributed by atoms with Gasteiger partial charge in [0.15, 0.2) is 11.7 Å². The summed E-state index contributed by atoms with van der Waals surface area (Å²) in [6.45, 7) is 5.85. The van der Waals surface area contributed by atoms with Crippen molar-refractivity contribution in [2.75, 3.05) is 26.2 Å². The summed E-state index contributed by atoms with van der Waals surface area (Å²) in [5, 5.41) is 11.1. The summed E-state index contributed by atoms with van der Waals surface area (Å²) < 4.78 is 6.69. The molecule has 4 nitrogen and oxygen atoms in total. The van der Waals surface area contributed by atoms with Gasteiger partial charge in [-0.15, -0.1) is 0 Å². The van der Waals surface area contributed by atoms with Gasteiger partial charge in [-0.25, -0.2) is 4.79 Å². The number of rotatable bonds is 3. The van der Waals surface area contributed by atoms with Crippen LogP contribution in [0.2, 0.25) is 5.02 Å². The minimum atomic E-state index is -1.64. The number of carbonyl (C=O) groups is 1. The second-order valence-electron chi connectivity index (χ2n) is 6.80. The van der Waals surface area contributed by atoms with Gasteiger partial charge in [-0.1, -0.05) is 23.7 Å². The molecule has 0 bridgehead atoms. The smallest absolute Gasteiger partial charge is 0.343 e. The van der Waals surface area contributed by atoms with Crippen molar-refractivity contribution in [1.29, 1.82) is 0 Å². The number of nitrogens with zero attached hydrogens (tertiary/aromatic N) is 1. The minimum Gasteiger partial charge on any atom is -1.00 e. The molecule has 2 fully saturated rings. The predicted molar refractivity (Wildman–Crippen MR) is 84.5 cm³/mol. The Balaban J connectivity index is 0.00000192. The Hall–Kier alpha value is -0.810. The molecule has 2 heterocycles. The number of quaternary nitrogens is 1. The summed E-state index contributed by atoms with van der Waals surface area (Å²) in [6, 6.07) is 6.65. The standard InChI is InChI=1S/C17H23ClNO3.ClH/c1-17(21,13-4-6-14(18)7-5-13)16(20)22-15-8-11-19(12-15)9-2-3-10-19;/h4-7,15,21H,2-3,8-12H2,1H3;1H/q+1;/p-1. The molecular formula is C17H23Cl2NO3. The fraction of sp³-hybridized carbons (Fsp3) is 0.588. The van der Waals surface area contributed by atoms with Crippen molar-refractivity contribution in [3.05, 3.63) is 34.9 Å². The molecule has 2 aliphatic rings. The van der Waals surface area contributed by atoms with E-state index < -0.39 is 11.6 Å². The first-order valence-corrected chi connectivity index (χ1v) is 8.34. The number of hydrogen-bond donors (Lipinski definition) is 1. The molecule has 0 aliphatic carbocycles. The van der Waals surface area contributed by atoms with Gasteiger partial charge in [0.25, 0.3) is 0 Å². The van der Waals surface area contributed by atoms with Gasteiger partial charge in [0.1, 0.15) is 6.54 Å². The quantitative estimate of drug-likeness (QED) is 0.583. The highest BCUT2D eigenvalue weighted by Crippen LogP contribution is 2.30. The van der Waals surface area contributed by atoms with Gasteiger partial charge in [-0.2, -0.15) is 0 Å². The van der Waals surface area contributed by atoms with E-state index in [1.807, 2.05) is 0 Å². The van der Waals surface area contributed by atoms with Crippen molar-refractivity contribution in [3.63, 3.8) is 0 Å². The van der Waals surface area contributed by atoms with E-state index in [4.69, 9.17) is 16.3 Å². The van der Waals surface area contributed by atoms with Gasteiger partial charge in [-0.05, 0) is 24.6 Å². The van der Waals surface area contributed by atoms with Gasteiger partial charge in [0.05, 0.1) is 19.6 Å². The van der Waals surface area contributed by atoms with Crippen LogP contribution in [0.15, 0.2) is 24.3 Å². The van der Waals surface area contributed by atoms with Crippen LogP contribution in [0.1, 0.15) is 31.7 Å². The summed E-state index contributed by atoms with van der Waals surface area (Å²) >= 11 is 5.85. The van der Waals surface area contributed by atoms with Gasteiger partial charge in [0, 0.05) is 24.3 Å². The van der Waals surface area contributed by atoms with Crippen LogP contribution in [0.5, 0.6) is 0 Å². The summed E-state index contributed by atoms with van der Waals surface area (Å²) in [5.41, 5.74) is -1.13. The maximum absolute atomic E-state index is 12.4. The highest BCUT2D eigenvalue weighted by molar-refractivity contribution is 6.30. The molecule has 2 aliphatic heterocycles. The summed E-state index contributed by atoms with van der Waals surface area (Å²) in [6.07, 6.45) is 3.35. The Kier molecular flexibility index (Phi) is 5.62. The first-order valence-electron chi connectivity index (χ1n) is 7.96. The summed E-state index contributed by atoms with van der Waals surface area (Å²) in [5.74, 6) is -0.570. The van der Waals surface area contributed by atoms with E-state index >= 15 is 0 Å². The van der Waals surface area contributed by atoms with Crippen LogP contribution < -0.4 is 12.4 Å².